The number of aryl methyl sites for hydroxylation is 1. The summed E-state index contributed by atoms with van der Waals surface area (Å²) in [6, 6.07) is 23.5. The Morgan fingerprint density at radius 3 is 2.32 bits per heavy atom. The largest absolute Gasteiger partial charge is 0.489 e. The van der Waals surface area contributed by atoms with Gasteiger partial charge in [0, 0.05) is 15.5 Å². The molecular weight excluding hydrogens is 447 g/mol. The van der Waals surface area contributed by atoms with Crippen LogP contribution in [0.2, 0.25) is 5.02 Å². The minimum absolute atomic E-state index is 0.529. The minimum Gasteiger partial charge on any atom is -0.489 e. The Hall–Kier alpha value is -1.72. The van der Waals surface area contributed by atoms with Gasteiger partial charge in [-0.15, -0.1) is 0 Å². The molecule has 3 aromatic rings. The molecule has 0 atom stereocenters. The predicted octanol–water partition coefficient (Wildman–Crippen LogP) is 6.69. The molecule has 0 aliphatic carbocycles. The SMILES string of the molecule is Clc1cc(Oc2cccc(OCc3ccccc3)c2)ccc1CCI. The van der Waals surface area contributed by atoms with E-state index in [1.807, 2.05) is 72.8 Å². The zero-order chi connectivity index (χ0) is 17.5. The van der Waals surface area contributed by atoms with Crippen LogP contribution >= 0.6 is 34.2 Å². The molecule has 0 bridgehead atoms. The third kappa shape index (κ3) is 5.38. The molecule has 0 unspecified atom stereocenters. The summed E-state index contributed by atoms with van der Waals surface area (Å²) in [6.45, 7) is 0.529. The van der Waals surface area contributed by atoms with E-state index in [4.69, 9.17) is 21.1 Å². The van der Waals surface area contributed by atoms with Crippen LogP contribution in [0.25, 0.3) is 0 Å². The second-order valence-electron chi connectivity index (χ2n) is 5.54. The van der Waals surface area contributed by atoms with Crippen molar-refractivity contribution in [2.45, 2.75) is 13.0 Å². The molecule has 0 heterocycles. The molecule has 0 amide bonds. The lowest BCUT2D eigenvalue weighted by atomic mass is 10.2. The van der Waals surface area contributed by atoms with Crippen molar-refractivity contribution in [3.8, 4) is 17.2 Å². The molecule has 0 saturated heterocycles. The minimum atomic E-state index is 0.529. The first kappa shape index (κ1) is 18.1. The van der Waals surface area contributed by atoms with Gasteiger partial charge >= 0.3 is 0 Å². The second kappa shape index (κ2) is 9.11. The van der Waals surface area contributed by atoms with E-state index < -0.39 is 0 Å². The fraction of sp³-hybridized carbons (Fsp3) is 0.143. The average molecular weight is 465 g/mol. The fourth-order valence-corrected chi connectivity index (χ4v) is 3.25. The van der Waals surface area contributed by atoms with E-state index in [0.717, 1.165) is 44.2 Å². The molecule has 0 fully saturated rings. The highest BCUT2D eigenvalue weighted by atomic mass is 127. The highest BCUT2D eigenvalue weighted by Crippen LogP contribution is 2.29. The first-order valence-corrected chi connectivity index (χ1v) is 9.94. The number of ether oxygens (including phenoxy) is 2. The molecule has 0 radical (unpaired) electrons. The van der Waals surface area contributed by atoms with Gasteiger partial charge in [0.2, 0.25) is 0 Å². The van der Waals surface area contributed by atoms with E-state index >= 15 is 0 Å². The van der Waals surface area contributed by atoms with Gasteiger partial charge in [-0.05, 0) is 41.8 Å². The zero-order valence-electron chi connectivity index (χ0n) is 13.6. The molecule has 0 N–H and O–H groups in total. The van der Waals surface area contributed by atoms with Gasteiger partial charge in [0.05, 0.1) is 0 Å². The molecule has 25 heavy (non-hydrogen) atoms. The van der Waals surface area contributed by atoms with E-state index in [1.54, 1.807) is 0 Å². The van der Waals surface area contributed by atoms with Crippen LogP contribution in [0.5, 0.6) is 17.2 Å². The van der Waals surface area contributed by atoms with Crippen molar-refractivity contribution in [2.75, 3.05) is 4.43 Å². The van der Waals surface area contributed by atoms with E-state index in [9.17, 15) is 0 Å². The number of hydrogen-bond acceptors (Lipinski definition) is 2. The lowest BCUT2D eigenvalue weighted by Gasteiger charge is -2.11. The quantitative estimate of drug-likeness (QED) is 0.286. The third-order valence-corrected chi connectivity index (χ3v) is 4.57. The lowest BCUT2D eigenvalue weighted by molar-refractivity contribution is 0.304. The summed E-state index contributed by atoms with van der Waals surface area (Å²) >= 11 is 8.66. The van der Waals surface area contributed by atoms with Crippen molar-refractivity contribution in [3.05, 3.63) is 88.9 Å². The Labute approximate surface area is 166 Å². The topological polar surface area (TPSA) is 18.5 Å². The average Bonchev–Trinajstić information content (AvgIpc) is 2.64. The van der Waals surface area contributed by atoms with Gasteiger partial charge in [0.1, 0.15) is 23.9 Å². The molecule has 0 spiro atoms. The van der Waals surface area contributed by atoms with Crippen molar-refractivity contribution in [1.82, 2.24) is 0 Å². The maximum absolute atomic E-state index is 6.32. The van der Waals surface area contributed by atoms with Crippen molar-refractivity contribution in [1.29, 1.82) is 0 Å². The summed E-state index contributed by atoms with van der Waals surface area (Å²) in [5.41, 5.74) is 2.27. The lowest BCUT2D eigenvalue weighted by Crippen LogP contribution is -1.95. The van der Waals surface area contributed by atoms with Crippen LogP contribution in [-0.4, -0.2) is 4.43 Å². The number of hydrogen-bond donors (Lipinski definition) is 0. The standard InChI is InChI=1S/C21H18ClIO2/c22-21-14-20(10-9-17(21)11-12-23)25-19-8-4-7-18(13-19)24-15-16-5-2-1-3-6-16/h1-10,13-14H,11-12,15H2. The monoisotopic (exact) mass is 464 g/mol. The van der Waals surface area contributed by atoms with Gasteiger partial charge in [-0.2, -0.15) is 0 Å². The number of benzene rings is 3. The number of rotatable bonds is 7. The van der Waals surface area contributed by atoms with E-state index in [1.165, 1.54) is 0 Å². The molecule has 4 heteroatoms. The summed E-state index contributed by atoms with van der Waals surface area (Å²) in [5.74, 6) is 2.22. The van der Waals surface area contributed by atoms with Gasteiger partial charge in [0.15, 0.2) is 0 Å². The molecule has 128 valence electrons. The van der Waals surface area contributed by atoms with Crippen molar-refractivity contribution >= 4 is 34.2 Å². The first-order chi connectivity index (χ1) is 12.2. The van der Waals surface area contributed by atoms with Gasteiger partial charge in [-0.1, -0.05) is 76.7 Å². The van der Waals surface area contributed by atoms with E-state index in [-0.39, 0.29) is 0 Å². The van der Waals surface area contributed by atoms with Crippen LogP contribution in [0.3, 0.4) is 0 Å². The van der Waals surface area contributed by atoms with Crippen molar-refractivity contribution in [2.24, 2.45) is 0 Å². The summed E-state index contributed by atoms with van der Waals surface area (Å²) in [7, 11) is 0. The second-order valence-corrected chi connectivity index (χ2v) is 7.03. The highest BCUT2D eigenvalue weighted by molar-refractivity contribution is 14.1. The van der Waals surface area contributed by atoms with E-state index in [2.05, 4.69) is 22.6 Å². The van der Waals surface area contributed by atoms with Crippen molar-refractivity contribution < 1.29 is 9.47 Å². The Kier molecular flexibility index (Phi) is 6.59. The molecule has 2 nitrogen and oxygen atoms in total. The van der Waals surface area contributed by atoms with Crippen LogP contribution < -0.4 is 9.47 Å². The third-order valence-electron chi connectivity index (χ3n) is 3.68. The number of halogens is 2. The molecule has 0 aliphatic heterocycles. The van der Waals surface area contributed by atoms with Crippen LogP contribution in [0, 0.1) is 0 Å². The maximum atomic E-state index is 6.32. The summed E-state index contributed by atoms with van der Waals surface area (Å²) in [6.07, 6.45) is 0.961. The van der Waals surface area contributed by atoms with Crippen LogP contribution in [0.4, 0.5) is 0 Å². The van der Waals surface area contributed by atoms with Gasteiger partial charge < -0.3 is 9.47 Å². The Bertz CT molecular complexity index is 821. The molecular formula is C21H18ClIO2. The van der Waals surface area contributed by atoms with Crippen LogP contribution in [-0.2, 0) is 13.0 Å². The Morgan fingerprint density at radius 2 is 1.56 bits per heavy atom. The van der Waals surface area contributed by atoms with Crippen molar-refractivity contribution in [3.63, 3.8) is 0 Å². The zero-order valence-corrected chi connectivity index (χ0v) is 16.5. The summed E-state index contributed by atoms with van der Waals surface area (Å²) in [4.78, 5) is 0. The molecule has 3 aromatic carbocycles. The molecule has 3 rings (SSSR count). The normalized spacial score (nSPS) is 10.5. The molecule has 0 aliphatic rings. The summed E-state index contributed by atoms with van der Waals surface area (Å²) in [5, 5.41) is 0.741. The Balaban J connectivity index is 1.66. The van der Waals surface area contributed by atoms with Crippen LogP contribution in [0.1, 0.15) is 11.1 Å². The van der Waals surface area contributed by atoms with E-state index in [0.29, 0.717) is 6.61 Å². The molecule has 0 aromatic heterocycles. The smallest absolute Gasteiger partial charge is 0.131 e. The Morgan fingerprint density at radius 1 is 0.800 bits per heavy atom. The van der Waals surface area contributed by atoms with Gasteiger partial charge in [-0.25, -0.2) is 0 Å². The maximum Gasteiger partial charge on any atom is 0.131 e. The van der Waals surface area contributed by atoms with Gasteiger partial charge in [0.25, 0.3) is 0 Å². The van der Waals surface area contributed by atoms with Crippen LogP contribution in [0.15, 0.2) is 72.8 Å². The summed E-state index contributed by atoms with van der Waals surface area (Å²) < 4.78 is 12.8. The first-order valence-electron chi connectivity index (χ1n) is 8.03. The fourth-order valence-electron chi connectivity index (χ4n) is 2.40. The van der Waals surface area contributed by atoms with Gasteiger partial charge in [-0.3, -0.25) is 0 Å². The predicted molar refractivity (Wildman–Crippen MR) is 111 cm³/mol. The highest BCUT2D eigenvalue weighted by Gasteiger charge is 2.05. The molecule has 0 saturated carbocycles. The number of alkyl halides is 1.